The summed E-state index contributed by atoms with van der Waals surface area (Å²) in [7, 11) is 0. The van der Waals surface area contributed by atoms with E-state index in [0.717, 1.165) is 10.3 Å². The summed E-state index contributed by atoms with van der Waals surface area (Å²) in [4.78, 5) is 83.8. The van der Waals surface area contributed by atoms with Gasteiger partial charge >= 0.3 is 24.1 Å². The number of thiazole rings is 1. The van der Waals surface area contributed by atoms with Crippen LogP contribution in [0.3, 0.4) is 0 Å². The molecule has 51 heavy (non-hydrogen) atoms. The molecular weight excluding hydrogens is 678 g/mol. The van der Waals surface area contributed by atoms with Crippen LogP contribution in [-0.4, -0.2) is 100 Å². The van der Waals surface area contributed by atoms with Crippen LogP contribution in [0.5, 0.6) is 0 Å². The molecule has 1 aromatic heterocycles. The van der Waals surface area contributed by atoms with E-state index in [9.17, 15) is 28.8 Å². The van der Waals surface area contributed by atoms with Gasteiger partial charge in [0.25, 0.3) is 0 Å². The highest BCUT2D eigenvalue weighted by atomic mass is 32.1. The maximum absolute atomic E-state index is 13.0. The highest BCUT2D eigenvalue weighted by Gasteiger charge is 2.39. The van der Waals surface area contributed by atoms with Gasteiger partial charge in [0.05, 0.1) is 10.2 Å². The van der Waals surface area contributed by atoms with Gasteiger partial charge in [0.2, 0.25) is 0 Å². The van der Waals surface area contributed by atoms with Crippen molar-refractivity contribution in [1.82, 2.24) is 14.8 Å². The van der Waals surface area contributed by atoms with Crippen molar-refractivity contribution in [2.24, 2.45) is 0 Å². The van der Waals surface area contributed by atoms with E-state index < -0.39 is 72.2 Å². The first kappa shape index (κ1) is 37.4. The van der Waals surface area contributed by atoms with Crippen molar-refractivity contribution in [3.63, 3.8) is 0 Å². The predicted octanol–water partition coefficient (Wildman–Crippen LogP) is 6.21. The van der Waals surface area contributed by atoms with Gasteiger partial charge in [-0.05, 0) is 85.4 Å². The molecule has 0 N–H and O–H groups in total. The fourth-order valence-electron chi connectivity index (χ4n) is 5.75. The molecule has 1 unspecified atom stereocenters. The van der Waals surface area contributed by atoms with Gasteiger partial charge in [-0.15, -0.1) is 11.3 Å². The van der Waals surface area contributed by atoms with E-state index >= 15 is 0 Å². The van der Waals surface area contributed by atoms with Crippen molar-refractivity contribution in [1.29, 1.82) is 0 Å². The van der Waals surface area contributed by atoms with Crippen LogP contribution in [0, 0.1) is 0 Å². The van der Waals surface area contributed by atoms with Crippen molar-refractivity contribution < 1.29 is 47.7 Å². The number of ether oxygens (including phenoxy) is 4. The van der Waals surface area contributed by atoms with Crippen LogP contribution < -0.4 is 0 Å². The lowest BCUT2D eigenvalue weighted by molar-refractivity contribution is -0.148. The number of carbonyl (C=O) groups excluding carboxylic acids is 6. The molecule has 2 amide bonds. The van der Waals surface area contributed by atoms with Crippen LogP contribution in [0.15, 0.2) is 42.5 Å². The summed E-state index contributed by atoms with van der Waals surface area (Å²) >= 11 is 1.36. The molecule has 2 aliphatic rings. The van der Waals surface area contributed by atoms with E-state index in [1.54, 1.807) is 84.0 Å². The van der Waals surface area contributed by atoms with Gasteiger partial charge < -0.3 is 18.9 Å². The molecule has 0 spiro atoms. The summed E-state index contributed by atoms with van der Waals surface area (Å²) < 4.78 is 22.2. The number of benzene rings is 2. The summed E-state index contributed by atoms with van der Waals surface area (Å²) in [6.45, 7) is 10.3. The van der Waals surface area contributed by atoms with E-state index in [2.05, 4.69) is 4.98 Å². The number of ketones is 2. The molecule has 2 aromatic carbocycles. The lowest BCUT2D eigenvalue weighted by Gasteiger charge is -2.27. The maximum Gasteiger partial charge on any atom is 0.411 e. The molecular formula is C37H43N3O10S. The number of carbonyl (C=O) groups is 6. The highest BCUT2D eigenvalue weighted by molar-refractivity contribution is 7.21. The third-order valence-corrected chi connectivity index (χ3v) is 9.23. The largest absolute Gasteiger partial charge is 0.456 e. The Bertz CT molecular complexity index is 1820. The Hall–Kier alpha value is -4.85. The summed E-state index contributed by atoms with van der Waals surface area (Å²) in [6.07, 6.45) is 0.950. The van der Waals surface area contributed by atoms with Crippen molar-refractivity contribution in [2.75, 3.05) is 26.3 Å². The molecule has 2 aliphatic heterocycles. The fraction of sp³-hybridized carbons (Fsp3) is 0.486. The number of rotatable bonds is 9. The van der Waals surface area contributed by atoms with Crippen LogP contribution in [0.4, 0.5) is 9.59 Å². The number of hydrogen-bond donors (Lipinski definition) is 0. The number of hydrogen-bond acceptors (Lipinski definition) is 12. The zero-order chi connectivity index (χ0) is 37.1. The van der Waals surface area contributed by atoms with Crippen LogP contribution >= 0.6 is 11.3 Å². The molecule has 0 saturated carbocycles. The SMILES string of the molecule is CC(C)(C)OC(=O)N1CCCC1C(=O)OCC(=O)c1ccc(-c2nc3ccc(C(=O)COC(=O)[C@@H]4CCCN4C(=O)OC(C)(C)C)cc3s2)cc1. The Morgan fingerprint density at radius 1 is 0.706 bits per heavy atom. The molecule has 2 atom stereocenters. The molecule has 13 nitrogen and oxygen atoms in total. The number of fused-ring (bicyclic) bond motifs is 1. The Morgan fingerprint density at radius 2 is 1.18 bits per heavy atom. The van der Waals surface area contributed by atoms with Crippen LogP contribution in [0.1, 0.15) is 87.9 Å². The van der Waals surface area contributed by atoms with Crippen LogP contribution in [0.25, 0.3) is 20.8 Å². The number of esters is 2. The Morgan fingerprint density at radius 3 is 1.67 bits per heavy atom. The number of Topliss-reactive ketones (excluding diaryl/α,β-unsaturated/α-hetero) is 2. The minimum Gasteiger partial charge on any atom is -0.456 e. The number of likely N-dealkylation sites (tertiary alicyclic amines) is 2. The van der Waals surface area contributed by atoms with E-state index in [1.165, 1.54) is 21.1 Å². The normalized spacial score (nSPS) is 17.7. The molecule has 3 heterocycles. The van der Waals surface area contributed by atoms with Gasteiger partial charge in [-0.2, -0.15) is 0 Å². The van der Waals surface area contributed by atoms with E-state index in [0.29, 0.717) is 60.4 Å². The molecule has 0 aliphatic carbocycles. The van der Waals surface area contributed by atoms with Crippen molar-refractivity contribution in [3.8, 4) is 10.6 Å². The molecule has 0 radical (unpaired) electrons. The summed E-state index contributed by atoms with van der Waals surface area (Å²) in [6, 6.07) is 10.1. The van der Waals surface area contributed by atoms with Gasteiger partial charge in [-0.3, -0.25) is 19.4 Å². The Kier molecular flexibility index (Phi) is 11.1. The van der Waals surface area contributed by atoms with E-state index in [-0.39, 0.29) is 0 Å². The first-order valence-electron chi connectivity index (χ1n) is 16.9. The van der Waals surface area contributed by atoms with Crippen LogP contribution in [-0.2, 0) is 28.5 Å². The quantitative estimate of drug-likeness (QED) is 0.140. The second kappa shape index (κ2) is 15.2. The average molecular weight is 722 g/mol. The van der Waals surface area contributed by atoms with E-state index in [4.69, 9.17) is 18.9 Å². The van der Waals surface area contributed by atoms with Gasteiger partial charge in [0.15, 0.2) is 24.8 Å². The highest BCUT2D eigenvalue weighted by Crippen LogP contribution is 2.31. The summed E-state index contributed by atoms with van der Waals surface area (Å²) in [5.74, 6) is -2.08. The first-order valence-corrected chi connectivity index (χ1v) is 17.7. The Balaban J connectivity index is 1.15. The van der Waals surface area contributed by atoms with Gasteiger partial charge in [-0.25, -0.2) is 24.2 Å². The minimum atomic E-state index is -0.801. The molecule has 2 fully saturated rings. The first-order chi connectivity index (χ1) is 24.0. The molecule has 3 aromatic rings. The lowest BCUT2D eigenvalue weighted by Crippen LogP contribution is -2.44. The smallest absolute Gasteiger partial charge is 0.411 e. The zero-order valence-corrected chi connectivity index (χ0v) is 30.5. The minimum absolute atomic E-state index is 0.345. The molecule has 2 saturated heterocycles. The lowest BCUT2D eigenvalue weighted by atomic mass is 10.1. The number of nitrogens with zero attached hydrogens (tertiary/aromatic N) is 3. The summed E-state index contributed by atoms with van der Waals surface area (Å²) in [5, 5.41) is 0.665. The Labute approximate surface area is 300 Å². The number of aromatic nitrogens is 1. The van der Waals surface area contributed by atoms with Crippen molar-refractivity contribution in [3.05, 3.63) is 53.6 Å². The van der Waals surface area contributed by atoms with Gasteiger partial charge in [0, 0.05) is 29.8 Å². The fourth-order valence-corrected chi connectivity index (χ4v) is 6.76. The second-order valence-electron chi connectivity index (χ2n) is 14.5. The molecule has 0 bridgehead atoms. The maximum atomic E-state index is 13.0. The monoisotopic (exact) mass is 721 g/mol. The third-order valence-electron chi connectivity index (χ3n) is 8.16. The molecule has 272 valence electrons. The average Bonchev–Trinajstić information content (AvgIpc) is 3.84. The second-order valence-corrected chi connectivity index (χ2v) is 15.5. The zero-order valence-electron chi connectivity index (χ0n) is 29.7. The van der Waals surface area contributed by atoms with Gasteiger partial charge in [0.1, 0.15) is 28.3 Å². The molecule has 5 rings (SSSR count). The van der Waals surface area contributed by atoms with Crippen molar-refractivity contribution in [2.45, 2.75) is 90.5 Å². The predicted molar refractivity (Wildman–Crippen MR) is 188 cm³/mol. The van der Waals surface area contributed by atoms with Crippen molar-refractivity contribution >= 4 is 57.2 Å². The number of amides is 2. The standard InChI is InChI=1S/C37H43N3O10S/c1-36(2,3)49-34(45)39-17-7-9-26(39)32(43)47-20-28(41)22-11-13-23(14-12-22)31-38-25-16-15-24(19-30(25)51-31)29(42)21-48-33(44)27-10-8-18-40(27)35(46)50-37(4,5)6/h11-16,19,26-27H,7-10,17-18,20-21H2,1-6H3/t26?,27-/m0/s1. The third kappa shape index (κ3) is 9.48. The summed E-state index contributed by atoms with van der Waals surface area (Å²) in [5.41, 5.74) is 0.706. The van der Waals surface area contributed by atoms with Crippen LogP contribution in [0.2, 0.25) is 0 Å². The van der Waals surface area contributed by atoms with Gasteiger partial charge in [-0.1, -0.05) is 24.3 Å². The van der Waals surface area contributed by atoms with E-state index in [1.807, 2.05) is 0 Å². The topological polar surface area (TPSA) is 159 Å². The molecule has 14 heteroatoms.